The van der Waals surface area contributed by atoms with Gasteiger partial charge in [-0.05, 0) is 18.8 Å². The summed E-state index contributed by atoms with van der Waals surface area (Å²) in [6.07, 6.45) is 4.30. The van der Waals surface area contributed by atoms with Crippen molar-refractivity contribution in [1.29, 1.82) is 0 Å². The summed E-state index contributed by atoms with van der Waals surface area (Å²) in [7, 11) is 1.45. The van der Waals surface area contributed by atoms with Gasteiger partial charge in [0, 0.05) is 19.3 Å². The molecule has 92 valence electrons. The first-order valence-corrected chi connectivity index (χ1v) is 5.84. The number of nitrogens with one attached hydrogen (secondary N) is 1. The van der Waals surface area contributed by atoms with Crippen LogP contribution in [0.5, 0.6) is 0 Å². The molecule has 0 aromatic carbocycles. The zero-order valence-electron chi connectivity index (χ0n) is 9.66. The second kappa shape index (κ2) is 5.12. The standard InChI is InChI=1S/C11H19NO4/c1-14-12-10(13)8-9-2-4-11(5-3-9)15-6-7-16-11/h9H,2-8H2,1H3,(H,12,13). The molecule has 1 heterocycles. The molecule has 1 spiro atoms. The summed E-state index contributed by atoms with van der Waals surface area (Å²) < 4.78 is 11.3. The first-order chi connectivity index (χ1) is 7.74. The SMILES string of the molecule is CONC(=O)CC1CCC2(CC1)OCCO2. The van der Waals surface area contributed by atoms with E-state index in [1.54, 1.807) is 0 Å². The molecule has 0 aromatic rings. The predicted molar refractivity (Wildman–Crippen MR) is 56.4 cm³/mol. The van der Waals surface area contributed by atoms with Gasteiger partial charge in [0.05, 0.1) is 20.3 Å². The van der Waals surface area contributed by atoms with Crippen LogP contribution in [0.3, 0.4) is 0 Å². The van der Waals surface area contributed by atoms with Crippen LogP contribution < -0.4 is 5.48 Å². The van der Waals surface area contributed by atoms with Gasteiger partial charge in [-0.3, -0.25) is 9.63 Å². The molecule has 5 heteroatoms. The lowest BCUT2D eigenvalue weighted by atomic mass is 9.83. The number of amides is 1. The van der Waals surface area contributed by atoms with Gasteiger partial charge in [0.25, 0.3) is 0 Å². The van der Waals surface area contributed by atoms with Crippen molar-refractivity contribution in [2.24, 2.45) is 5.92 Å². The minimum Gasteiger partial charge on any atom is -0.348 e. The summed E-state index contributed by atoms with van der Waals surface area (Å²) in [4.78, 5) is 15.9. The molecule has 0 atom stereocenters. The molecular formula is C11H19NO4. The van der Waals surface area contributed by atoms with Gasteiger partial charge in [0.2, 0.25) is 5.91 Å². The monoisotopic (exact) mass is 229 g/mol. The molecule has 0 unspecified atom stereocenters. The van der Waals surface area contributed by atoms with E-state index in [2.05, 4.69) is 10.3 Å². The van der Waals surface area contributed by atoms with Crippen LogP contribution >= 0.6 is 0 Å². The molecule has 1 saturated heterocycles. The Morgan fingerprint density at radius 3 is 2.56 bits per heavy atom. The Morgan fingerprint density at radius 2 is 2.00 bits per heavy atom. The van der Waals surface area contributed by atoms with E-state index in [4.69, 9.17) is 9.47 Å². The zero-order valence-corrected chi connectivity index (χ0v) is 9.66. The van der Waals surface area contributed by atoms with E-state index in [9.17, 15) is 4.79 Å². The molecule has 1 saturated carbocycles. The number of hydroxylamine groups is 1. The van der Waals surface area contributed by atoms with Crippen molar-refractivity contribution in [1.82, 2.24) is 5.48 Å². The fourth-order valence-electron chi connectivity index (χ4n) is 2.52. The second-order valence-corrected chi connectivity index (χ2v) is 4.48. The minimum atomic E-state index is -0.325. The third kappa shape index (κ3) is 2.72. The quantitative estimate of drug-likeness (QED) is 0.733. The lowest BCUT2D eigenvalue weighted by Crippen LogP contribution is -2.36. The van der Waals surface area contributed by atoms with Crippen molar-refractivity contribution < 1.29 is 19.1 Å². The maximum atomic E-state index is 11.3. The molecule has 2 aliphatic rings. The fraction of sp³-hybridized carbons (Fsp3) is 0.909. The summed E-state index contributed by atoms with van der Waals surface area (Å²) in [5.41, 5.74) is 2.35. The summed E-state index contributed by atoms with van der Waals surface area (Å²) in [5.74, 6) is 0.0547. The van der Waals surface area contributed by atoms with Gasteiger partial charge in [-0.2, -0.15) is 0 Å². The van der Waals surface area contributed by atoms with E-state index in [1.165, 1.54) is 7.11 Å². The molecule has 1 aliphatic carbocycles. The van der Waals surface area contributed by atoms with Crippen LogP contribution in [0.15, 0.2) is 0 Å². The Morgan fingerprint density at radius 1 is 1.38 bits per heavy atom. The van der Waals surface area contributed by atoms with Crippen LogP contribution in [0.25, 0.3) is 0 Å². The maximum Gasteiger partial charge on any atom is 0.243 e. The highest BCUT2D eigenvalue weighted by Crippen LogP contribution is 2.39. The largest absolute Gasteiger partial charge is 0.348 e. The number of carbonyl (C=O) groups excluding carboxylic acids is 1. The lowest BCUT2D eigenvalue weighted by molar-refractivity contribution is -0.183. The Balaban J connectivity index is 1.74. The maximum absolute atomic E-state index is 11.3. The van der Waals surface area contributed by atoms with Gasteiger partial charge in [-0.1, -0.05) is 0 Å². The van der Waals surface area contributed by atoms with Crippen molar-refractivity contribution >= 4 is 5.91 Å². The van der Waals surface area contributed by atoms with Crippen LogP contribution in [-0.4, -0.2) is 32.0 Å². The predicted octanol–water partition coefficient (Wildman–Crippen LogP) is 0.987. The van der Waals surface area contributed by atoms with Crippen molar-refractivity contribution in [3.05, 3.63) is 0 Å². The van der Waals surface area contributed by atoms with Crippen LogP contribution in [0.2, 0.25) is 0 Å². The van der Waals surface area contributed by atoms with Crippen molar-refractivity contribution in [3.8, 4) is 0 Å². The molecular weight excluding hydrogens is 210 g/mol. The number of rotatable bonds is 3. The van der Waals surface area contributed by atoms with Crippen LogP contribution in [0, 0.1) is 5.92 Å². The highest BCUT2D eigenvalue weighted by Gasteiger charge is 2.40. The van der Waals surface area contributed by atoms with Crippen LogP contribution in [0.4, 0.5) is 0 Å². The molecule has 1 N–H and O–H groups in total. The highest BCUT2D eigenvalue weighted by molar-refractivity contribution is 5.74. The van der Waals surface area contributed by atoms with E-state index in [-0.39, 0.29) is 11.7 Å². The normalized spacial score (nSPS) is 24.8. The van der Waals surface area contributed by atoms with Gasteiger partial charge in [0.15, 0.2) is 5.79 Å². The zero-order chi connectivity index (χ0) is 11.4. The van der Waals surface area contributed by atoms with Crippen molar-refractivity contribution in [3.63, 3.8) is 0 Å². The number of carbonyl (C=O) groups is 1. The summed E-state index contributed by atoms with van der Waals surface area (Å²) in [5, 5.41) is 0. The van der Waals surface area contributed by atoms with Crippen molar-refractivity contribution in [2.75, 3.05) is 20.3 Å². The lowest BCUT2D eigenvalue weighted by Gasteiger charge is -2.35. The average molecular weight is 229 g/mol. The molecule has 0 aromatic heterocycles. The smallest absolute Gasteiger partial charge is 0.243 e. The minimum absolute atomic E-state index is 0.0447. The van der Waals surface area contributed by atoms with Crippen LogP contribution in [0.1, 0.15) is 32.1 Å². The Kier molecular flexibility index (Phi) is 3.78. The third-order valence-electron chi connectivity index (χ3n) is 3.37. The molecule has 1 aliphatic heterocycles. The topological polar surface area (TPSA) is 56.8 Å². The fourth-order valence-corrected chi connectivity index (χ4v) is 2.52. The van der Waals surface area contributed by atoms with E-state index in [0.717, 1.165) is 25.7 Å². The highest BCUT2D eigenvalue weighted by atomic mass is 16.7. The second-order valence-electron chi connectivity index (χ2n) is 4.48. The summed E-state index contributed by atoms with van der Waals surface area (Å²) >= 11 is 0. The molecule has 0 radical (unpaired) electrons. The first-order valence-electron chi connectivity index (χ1n) is 5.84. The van der Waals surface area contributed by atoms with Crippen molar-refractivity contribution in [2.45, 2.75) is 37.9 Å². The Labute approximate surface area is 95.4 Å². The van der Waals surface area contributed by atoms with Gasteiger partial charge >= 0.3 is 0 Å². The molecule has 16 heavy (non-hydrogen) atoms. The van der Waals surface area contributed by atoms with Gasteiger partial charge < -0.3 is 9.47 Å². The molecule has 2 rings (SSSR count). The van der Waals surface area contributed by atoms with E-state index < -0.39 is 0 Å². The molecule has 1 amide bonds. The first kappa shape index (κ1) is 11.8. The molecule has 2 fully saturated rings. The van der Waals surface area contributed by atoms with Gasteiger partial charge in [0.1, 0.15) is 0 Å². The Bertz CT molecular complexity index is 240. The van der Waals surface area contributed by atoms with E-state index >= 15 is 0 Å². The van der Waals surface area contributed by atoms with Gasteiger partial charge in [-0.25, -0.2) is 5.48 Å². The van der Waals surface area contributed by atoms with Gasteiger partial charge in [-0.15, -0.1) is 0 Å². The van der Waals surface area contributed by atoms with Crippen LogP contribution in [-0.2, 0) is 19.1 Å². The number of hydrogen-bond donors (Lipinski definition) is 1. The molecule has 0 bridgehead atoms. The number of ether oxygens (including phenoxy) is 2. The summed E-state index contributed by atoms with van der Waals surface area (Å²) in [6.45, 7) is 1.41. The van der Waals surface area contributed by atoms with E-state index in [1.807, 2.05) is 0 Å². The third-order valence-corrected chi connectivity index (χ3v) is 3.37. The molecule has 5 nitrogen and oxygen atoms in total. The summed E-state index contributed by atoms with van der Waals surface area (Å²) in [6, 6.07) is 0. The van der Waals surface area contributed by atoms with E-state index in [0.29, 0.717) is 25.6 Å². The Hall–Kier alpha value is -0.650. The number of hydrogen-bond acceptors (Lipinski definition) is 4. The average Bonchev–Trinajstić information content (AvgIpc) is 2.71.